The summed E-state index contributed by atoms with van der Waals surface area (Å²) < 4.78 is 6.24. The lowest BCUT2D eigenvalue weighted by Gasteiger charge is -2.39. The van der Waals surface area contributed by atoms with Gasteiger partial charge in [-0.2, -0.15) is 0 Å². The van der Waals surface area contributed by atoms with Crippen molar-refractivity contribution >= 4 is 11.6 Å². The van der Waals surface area contributed by atoms with Crippen LogP contribution in [0.4, 0.5) is 0 Å². The summed E-state index contributed by atoms with van der Waals surface area (Å²) in [6.07, 6.45) is 0. The third-order valence-corrected chi connectivity index (χ3v) is 5.99. The molecule has 0 aromatic heterocycles. The third kappa shape index (κ3) is 2.47. The third-order valence-electron chi connectivity index (χ3n) is 5.69. The van der Waals surface area contributed by atoms with E-state index in [0.29, 0.717) is 5.02 Å². The highest BCUT2D eigenvalue weighted by Crippen LogP contribution is 2.54. The van der Waals surface area contributed by atoms with Gasteiger partial charge >= 0.3 is 0 Å². The molecule has 4 aromatic carbocycles. The molecule has 1 heterocycles. The summed E-state index contributed by atoms with van der Waals surface area (Å²) in [5.74, 6) is 1.60. The molecule has 28 heavy (non-hydrogen) atoms. The topological polar surface area (TPSA) is 9.23 Å². The van der Waals surface area contributed by atoms with E-state index < -0.39 is 0 Å². The van der Waals surface area contributed by atoms with E-state index in [9.17, 15) is 0 Å². The minimum absolute atomic E-state index is 0.387. The van der Waals surface area contributed by atoms with Crippen molar-refractivity contribution in [1.82, 2.24) is 0 Å². The molecule has 1 atom stereocenters. The monoisotopic (exact) mass is 382 g/mol. The van der Waals surface area contributed by atoms with Crippen LogP contribution >= 0.6 is 11.6 Å². The second-order valence-electron chi connectivity index (χ2n) is 7.25. The Morgan fingerprint density at radius 1 is 0.643 bits per heavy atom. The normalized spacial score (nSPS) is 17.4. The van der Waals surface area contributed by atoms with E-state index in [1.54, 1.807) is 0 Å². The molecule has 0 N–H and O–H groups in total. The van der Waals surface area contributed by atoms with Crippen molar-refractivity contribution in [1.29, 1.82) is 0 Å². The Morgan fingerprint density at radius 3 is 2.11 bits per heavy atom. The number of fused-ring (bicyclic) bond motifs is 2. The molecule has 5 rings (SSSR count). The van der Waals surface area contributed by atoms with Gasteiger partial charge in [0.25, 0.3) is 0 Å². The maximum atomic E-state index is 6.56. The number of para-hydroxylation sites is 2. The molecule has 0 saturated carbocycles. The molecule has 0 spiro atoms. The second kappa shape index (κ2) is 6.54. The average Bonchev–Trinajstić information content (AvgIpc) is 2.75. The molecule has 1 unspecified atom stereocenters. The highest BCUT2D eigenvalue weighted by atomic mass is 35.5. The number of rotatable bonds is 2. The summed E-state index contributed by atoms with van der Waals surface area (Å²) in [7, 11) is 0. The van der Waals surface area contributed by atoms with Gasteiger partial charge in [0.15, 0.2) is 0 Å². The van der Waals surface area contributed by atoms with Crippen LogP contribution in [0.15, 0.2) is 97.1 Å². The number of hydrogen-bond acceptors (Lipinski definition) is 1. The van der Waals surface area contributed by atoms with Crippen LogP contribution in [0.25, 0.3) is 11.1 Å². The minimum Gasteiger partial charge on any atom is -0.455 e. The summed E-state index contributed by atoms with van der Waals surface area (Å²) >= 11 is 6.56. The predicted octanol–water partition coefficient (Wildman–Crippen LogP) is 7.47. The first-order chi connectivity index (χ1) is 13.7. The number of ether oxygens (including phenoxy) is 1. The van der Waals surface area contributed by atoms with Gasteiger partial charge in [0, 0.05) is 11.1 Å². The van der Waals surface area contributed by atoms with Crippen LogP contribution in [-0.2, 0) is 5.41 Å². The van der Waals surface area contributed by atoms with Gasteiger partial charge in [-0.3, -0.25) is 0 Å². The summed E-state index contributed by atoms with van der Waals surface area (Å²) in [6, 6.07) is 33.4. The maximum absolute atomic E-state index is 6.56. The first-order valence-corrected chi connectivity index (χ1v) is 9.78. The molecule has 0 bridgehead atoms. The lowest BCUT2D eigenvalue weighted by molar-refractivity contribution is 0.427. The fraction of sp³-hybridized carbons (Fsp3) is 0.0769. The van der Waals surface area contributed by atoms with Crippen molar-refractivity contribution in [2.75, 3.05) is 0 Å². The first kappa shape index (κ1) is 17.1. The molecule has 1 aliphatic rings. The van der Waals surface area contributed by atoms with Crippen LogP contribution in [-0.4, -0.2) is 0 Å². The zero-order valence-electron chi connectivity index (χ0n) is 15.5. The molecule has 2 heteroatoms. The molecule has 4 aromatic rings. The molecular formula is C26H19ClO. The van der Waals surface area contributed by atoms with Gasteiger partial charge in [-0.1, -0.05) is 96.5 Å². The second-order valence-corrected chi connectivity index (χ2v) is 7.66. The smallest absolute Gasteiger partial charge is 0.150 e. The van der Waals surface area contributed by atoms with Crippen molar-refractivity contribution in [3.05, 3.63) is 119 Å². The van der Waals surface area contributed by atoms with E-state index in [4.69, 9.17) is 16.3 Å². The van der Waals surface area contributed by atoms with Crippen LogP contribution in [0.1, 0.15) is 23.6 Å². The van der Waals surface area contributed by atoms with Crippen molar-refractivity contribution in [3.8, 4) is 22.6 Å². The predicted molar refractivity (Wildman–Crippen MR) is 115 cm³/mol. The number of benzene rings is 4. The number of hydrogen-bond donors (Lipinski definition) is 0. The Balaban J connectivity index is 1.86. The van der Waals surface area contributed by atoms with Gasteiger partial charge in [0.05, 0.1) is 10.4 Å². The van der Waals surface area contributed by atoms with E-state index in [1.165, 1.54) is 16.7 Å². The van der Waals surface area contributed by atoms with Crippen molar-refractivity contribution in [2.45, 2.75) is 12.3 Å². The lowest BCUT2D eigenvalue weighted by atomic mass is 9.67. The van der Waals surface area contributed by atoms with Crippen LogP contribution in [0.5, 0.6) is 11.5 Å². The van der Waals surface area contributed by atoms with Crippen molar-refractivity contribution in [3.63, 3.8) is 0 Å². The molecule has 0 radical (unpaired) electrons. The van der Waals surface area contributed by atoms with E-state index in [0.717, 1.165) is 22.6 Å². The summed E-state index contributed by atoms with van der Waals surface area (Å²) in [5.41, 5.74) is 5.50. The molecule has 0 fully saturated rings. The molecule has 1 aliphatic heterocycles. The molecule has 0 saturated heterocycles. The Hall–Kier alpha value is -3.03. The number of halogens is 1. The van der Waals surface area contributed by atoms with Gasteiger partial charge in [0.1, 0.15) is 11.5 Å². The van der Waals surface area contributed by atoms with E-state index in [1.807, 2.05) is 30.3 Å². The summed E-state index contributed by atoms with van der Waals surface area (Å²) in [4.78, 5) is 0. The molecule has 0 amide bonds. The lowest BCUT2D eigenvalue weighted by Crippen LogP contribution is -2.30. The fourth-order valence-corrected chi connectivity index (χ4v) is 4.52. The van der Waals surface area contributed by atoms with Crippen LogP contribution < -0.4 is 4.74 Å². The molecular weight excluding hydrogens is 364 g/mol. The van der Waals surface area contributed by atoms with Gasteiger partial charge in [0.2, 0.25) is 0 Å². The largest absolute Gasteiger partial charge is 0.455 e. The van der Waals surface area contributed by atoms with E-state index in [2.05, 4.69) is 73.7 Å². The Kier molecular flexibility index (Phi) is 3.99. The molecule has 1 nitrogen and oxygen atoms in total. The summed E-state index contributed by atoms with van der Waals surface area (Å²) in [5, 5.41) is 0.635. The van der Waals surface area contributed by atoms with Gasteiger partial charge in [-0.05, 0) is 35.7 Å². The Bertz CT molecular complexity index is 1170. The van der Waals surface area contributed by atoms with Crippen molar-refractivity contribution in [2.24, 2.45) is 0 Å². The van der Waals surface area contributed by atoms with Gasteiger partial charge in [-0.15, -0.1) is 0 Å². The van der Waals surface area contributed by atoms with Crippen LogP contribution in [0.3, 0.4) is 0 Å². The van der Waals surface area contributed by atoms with Crippen LogP contribution in [0, 0.1) is 0 Å². The van der Waals surface area contributed by atoms with E-state index >= 15 is 0 Å². The standard InChI is InChI=1S/C26H19ClO/c1-26(20-13-6-5-12-19(20)18-10-3-2-4-11-18)21-14-7-8-17-24(21)28-25-22(26)15-9-16-23(25)27/h2-17H,1H3. The summed E-state index contributed by atoms with van der Waals surface area (Å²) in [6.45, 7) is 2.27. The quantitative estimate of drug-likeness (QED) is 0.349. The Morgan fingerprint density at radius 2 is 1.29 bits per heavy atom. The highest BCUT2D eigenvalue weighted by molar-refractivity contribution is 6.32. The van der Waals surface area contributed by atoms with Crippen molar-refractivity contribution < 1.29 is 4.74 Å². The average molecular weight is 383 g/mol. The molecule has 136 valence electrons. The highest BCUT2D eigenvalue weighted by Gasteiger charge is 2.41. The van der Waals surface area contributed by atoms with Crippen LogP contribution in [0.2, 0.25) is 5.02 Å². The first-order valence-electron chi connectivity index (χ1n) is 9.41. The van der Waals surface area contributed by atoms with E-state index in [-0.39, 0.29) is 5.41 Å². The SMILES string of the molecule is CC1(c2ccccc2-c2ccccc2)c2ccccc2Oc2c(Cl)cccc21. The maximum Gasteiger partial charge on any atom is 0.150 e. The fourth-order valence-electron chi connectivity index (χ4n) is 4.31. The van der Waals surface area contributed by atoms with Gasteiger partial charge in [-0.25, -0.2) is 0 Å². The zero-order chi connectivity index (χ0) is 19.1. The Labute approximate surface area is 170 Å². The zero-order valence-corrected chi connectivity index (χ0v) is 16.3. The van der Waals surface area contributed by atoms with Gasteiger partial charge < -0.3 is 4.74 Å². The molecule has 0 aliphatic carbocycles. The minimum atomic E-state index is -0.387.